The number of hydrogen-bond acceptors (Lipinski definition) is 5. The minimum atomic E-state index is -0.431. The van der Waals surface area contributed by atoms with E-state index in [0.29, 0.717) is 24.0 Å². The molecule has 1 aromatic heterocycles. The fraction of sp³-hybridized carbons (Fsp3) is 0.684. The van der Waals surface area contributed by atoms with E-state index in [0.717, 1.165) is 26.1 Å². The van der Waals surface area contributed by atoms with Crippen LogP contribution in [0, 0.1) is 5.92 Å². The maximum atomic E-state index is 12.9. The van der Waals surface area contributed by atoms with E-state index in [-0.39, 0.29) is 17.2 Å². The number of nitrogens with zero attached hydrogens (tertiary/aromatic N) is 2. The molecule has 0 aliphatic carbocycles. The second-order valence-corrected chi connectivity index (χ2v) is 8.67. The first-order valence-electron chi connectivity index (χ1n) is 9.54. The van der Waals surface area contributed by atoms with Crippen molar-refractivity contribution in [2.75, 3.05) is 31.9 Å². The zero-order valence-corrected chi connectivity index (χ0v) is 16.5. The van der Waals surface area contributed by atoms with Crippen molar-refractivity contribution < 1.29 is 14.0 Å². The van der Waals surface area contributed by atoms with Gasteiger partial charge in [0.15, 0.2) is 5.76 Å². The van der Waals surface area contributed by atoms with Crippen LogP contribution in [-0.4, -0.2) is 65.0 Å². The van der Waals surface area contributed by atoms with Crippen molar-refractivity contribution in [3.05, 3.63) is 24.2 Å². The lowest BCUT2D eigenvalue weighted by atomic mass is 10.1. The van der Waals surface area contributed by atoms with Gasteiger partial charge in [-0.25, -0.2) is 0 Å². The van der Waals surface area contributed by atoms with Crippen LogP contribution < -0.4 is 5.32 Å². The number of rotatable bonds is 7. The first kappa shape index (κ1) is 19.3. The lowest BCUT2D eigenvalue weighted by Crippen LogP contribution is -2.50. The molecule has 3 rings (SSSR count). The van der Waals surface area contributed by atoms with E-state index in [2.05, 4.69) is 24.1 Å². The van der Waals surface area contributed by atoms with Crippen molar-refractivity contribution in [1.82, 2.24) is 15.1 Å². The van der Waals surface area contributed by atoms with Crippen molar-refractivity contribution in [1.29, 1.82) is 0 Å². The number of carbonyl (C=O) groups is 2. The van der Waals surface area contributed by atoms with Crippen molar-refractivity contribution in [3.8, 4) is 0 Å². The summed E-state index contributed by atoms with van der Waals surface area (Å²) in [5, 5.41) is 3.05. The average molecular weight is 380 g/mol. The molecule has 2 fully saturated rings. The van der Waals surface area contributed by atoms with Crippen molar-refractivity contribution in [2.45, 2.75) is 44.5 Å². The van der Waals surface area contributed by atoms with Crippen LogP contribution in [0.4, 0.5) is 0 Å². The maximum Gasteiger partial charge on any atom is 0.291 e. The van der Waals surface area contributed by atoms with Crippen molar-refractivity contribution in [3.63, 3.8) is 0 Å². The van der Waals surface area contributed by atoms with Gasteiger partial charge >= 0.3 is 0 Å². The molecular weight excluding hydrogens is 350 g/mol. The van der Waals surface area contributed by atoms with E-state index in [9.17, 15) is 9.59 Å². The predicted molar refractivity (Wildman–Crippen MR) is 103 cm³/mol. The Kier molecular flexibility index (Phi) is 6.64. The molecule has 2 saturated heterocycles. The highest BCUT2D eigenvalue weighted by molar-refractivity contribution is 8.00. The largest absolute Gasteiger partial charge is 0.459 e. The normalized spacial score (nSPS) is 23.7. The Labute approximate surface area is 159 Å². The van der Waals surface area contributed by atoms with Crippen LogP contribution in [-0.2, 0) is 4.79 Å². The Morgan fingerprint density at radius 3 is 2.77 bits per heavy atom. The van der Waals surface area contributed by atoms with Crippen LogP contribution in [0.15, 0.2) is 22.8 Å². The number of hydrogen-bond donors (Lipinski definition) is 1. The Morgan fingerprint density at radius 2 is 2.12 bits per heavy atom. The minimum absolute atomic E-state index is 0.0157. The van der Waals surface area contributed by atoms with Gasteiger partial charge in [-0.1, -0.05) is 13.8 Å². The molecule has 2 aliphatic heterocycles. The Bertz CT molecular complexity index is 599. The summed E-state index contributed by atoms with van der Waals surface area (Å²) in [5.41, 5.74) is 0. The van der Waals surface area contributed by atoms with Gasteiger partial charge in [-0.3, -0.25) is 9.59 Å². The second kappa shape index (κ2) is 8.95. The highest BCUT2D eigenvalue weighted by atomic mass is 32.2. The van der Waals surface area contributed by atoms with E-state index >= 15 is 0 Å². The zero-order valence-electron chi connectivity index (χ0n) is 15.6. The van der Waals surface area contributed by atoms with Crippen molar-refractivity contribution >= 4 is 23.6 Å². The summed E-state index contributed by atoms with van der Waals surface area (Å²) in [6, 6.07) is 2.94. The van der Waals surface area contributed by atoms with Gasteiger partial charge in [0.2, 0.25) is 5.91 Å². The van der Waals surface area contributed by atoms with Crippen LogP contribution in [0.5, 0.6) is 0 Å². The molecule has 1 N–H and O–H groups in total. The molecule has 1 aromatic rings. The van der Waals surface area contributed by atoms with E-state index in [1.54, 1.807) is 28.8 Å². The monoisotopic (exact) mass is 379 g/mol. The summed E-state index contributed by atoms with van der Waals surface area (Å²) in [6.45, 7) is 8.04. The lowest BCUT2D eigenvalue weighted by Gasteiger charge is -2.29. The van der Waals surface area contributed by atoms with Gasteiger partial charge < -0.3 is 19.5 Å². The van der Waals surface area contributed by atoms with Crippen LogP contribution in [0.3, 0.4) is 0 Å². The number of furan rings is 1. The van der Waals surface area contributed by atoms with Gasteiger partial charge in [0.05, 0.1) is 11.6 Å². The number of thioether (sulfide) groups is 1. The number of carbonyl (C=O) groups excluding carboxylic acids is 2. The molecule has 26 heavy (non-hydrogen) atoms. The van der Waals surface area contributed by atoms with Gasteiger partial charge in [0, 0.05) is 18.8 Å². The third-order valence-electron chi connectivity index (χ3n) is 4.96. The van der Waals surface area contributed by atoms with Crippen LogP contribution >= 0.6 is 11.8 Å². The zero-order chi connectivity index (χ0) is 18.5. The summed E-state index contributed by atoms with van der Waals surface area (Å²) < 4.78 is 5.30. The van der Waals surface area contributed by atoms with Gasteiger partial charge in [0.25, 0.3) is 5.91 Å². The van der Waals surface area contributed by atoms with Gasteiger partial charge in [-0.15, -0.1) is 11.8 Å². The molecule has 0 bridgehead atoms. The first-order valence-corrected chi connectivity index (χ1v) is 10.6. The molecule has 3 heterocycles. The molecule has 2 aliphatic rings. The van der Waals surface area contributed by atoms with E-state index in [1.807, 2.05) is 0 Å². The molecule has 2 unspecified atom stereocenters. The number of likely N-dealkylation sites (tertiary alicyclic amines) is 1. The Balaban J connectivity index is 1.63. The highest BCUT2D eigenvalue weighted by Crippen LogP contribution is 2.34. The summed E-state index contributed by atoms with van der Waals surface area (Å²) in [7, 11) is 0. The summed E-state index contributed by atoms with van der Waals surface area (Å²) >= 11 is 1.69. The fourth-order valence-corrected chi connectivity index (χ4v) is 5.25. The standard InChI is InChI=1S/C19H29N3O3S/c1-14(2)12-17-22(19(24)16-6-5-11-25-16)15(13-26-17)18(23)20-7-10-21-8-3-4-9-21/h5-6,11,14-15,17H,3-4,7-10,12-13H2,1-2H3,(H,20,23). The molecule has 0 saturated carbocycles. The van der Waals surface area contributed by atoms with E-state index in [4.69, 9.17) is 4.42 Å². The molecule has 2 amide bonds. The molecular formula is C19H29N3O3S. The summed E-state index contributed by atoms with van der Waals surface area (Å²) in [5.74, 6) is 1.15. The van der Waals surface area contributed by atoms with Crippen LogP contribution in [0.25, 0.3) is 0 Å². The van der Waals surface area contributed by atoms with Gasteiger partial charge in [-0.2, -0.15) is 0 Å². The Morgan fingerprint density at radius 1 is 1.35 bits per heavy atom. The molecule has 0 aromatic carbocycles. The van der Waals surface area contributed by atoms with Gasteiger partial charge in [-0.05, 0) is 50.4 Å². The smallest absolute Gasteiger partial charge is 0.291 e. The van der Waals surface area contributed by atoms with Crippen molar-refractivity contribution in [2.24, 2.45) is 5.92 Å². The quantitative estimate of drug-likeness (QED) is 0.788. The SMILES string of the molecule is CC(C)CC1SCC(C(=O)NCCN2CCCC2)N1C(=O)c1ccco1. The minimum Gasteiger partial charge on any atom is -0.459 e. The Hall–Kier alpha value is -1.47. The number of nitrogens with one attached hydrogen (secondary N) is 1. The molecule has 0 radical (unpaired) electrons. The molecule has 6 nitrogen and oxygen atoms in total. The second-order valence-electron chi connectivity index (χ2n) is 7.46. The molecule has 2 atom stereocenters. The molecule has 0 spiro atoms. The molecule has 7 heteroatoms. The van der Waals surface area contributed by atoms with Crippen LogP contribution in [0.2, 0.25) is 0 Å². The fourth-order valence-electron chi connectivity index (χ4n) is 3.61. The third kappa shape index (κ3) is 4.62. The van der Waals surface area contributed by atoms with E-state index in [1.165, 1.54) is 19.1 Å². The van der Waals surface area contributed by atoms with Gasteiger partial charge in [0.1, 0.15) is 6.04 Å². The topological polar surface area (TPSA) is 65.8 Å². The maximum absolute atomic E-state index is 12.9. The van der Waals surface area contributed by atoms with E-state index < -0.39 is 6.04 Å². The van der Waals surface area contributed by atoms with Crippen LogP contribution in [0.1, 0.15) is 43.7 Å². The highest BCUT2D eigenvalue weighted by Gasteiger charge is 2.42. The summed E-state index contributed by atoms with van der Waals surface area (Å²) in [6.07, 6.45) is 4.86. The average Bonchev–Trinajstić information content (AvgIpc) is 3.35. The lowest BCUT2D eigenvalue weighted by molar-refractivity contribution is -0.124. The summed E-state index contributed by atoms with van der Waals surface area (Å²) in [4.78, 5) is 29.8. The molecule has 144 valence electrons. The number of amides is 2. The first-order chi connectivity index (χ1) is 12.6. The third-order valence-corrected chi connectivity index (χ3v) is 6.27. The predicted octanol–water partition coefficient (Wildman–Crippen LogP) is 2.42.